The topological polar surface area (TPSA) is 58.4 Å². The van der Waals surface area contributed by atoms with E-state index in [0.717, 1.165) is 12.5 Å². The molecule has 1 amide bonds. The standard InChI is InChI=1S/C14H20ClN3O/c1-18(8-10-3-2-4-10)9-14(19)17-13-6-5-11(15)7-12(13)16/h5-7,10H,2-4,8-9,16H2,1H3,(H,17,19). The molecule has 1 aliphatic rings. The van der Waals surface area contributed by atoms with E-state index >= 15 is 0 Å². The molecule has 0 aliphatic heterocycles. The van der Waals surface area contributed by atoms with Crippen LogP contribution in [0.1, 0.15) is 19.3 Å². The van der Waals surface area contributed by atoms with Gasteiger partial charge in [0, 0.05) is 11.6 Å². The number of nitrogens with one attached hydrogen (secondary N) is 1. The lowest BCUT2D eigenvalue weighted by atomic mass is 9.85. The molecule has 0 aromatic heterocycles. The van der Waals surface area contributed by atoms with Crippen LogP contribution in [0.25, 0.3) is 0 Å². The van der Waals surface area contributed by atoms with Gasteiger partial charge in [0.2, 0.25) is 5.91 Å². The number of carbonyl (C=O) groups excluding carboxylic acids is 1. The summed E-state index contributed by atoms with van der Waals surface area (Å²) in [6.45, 7) is 1.38. The summed E-state index contributed by atoms with van der Waals surface area (Å²) in [5.74, 6) is 0.717. The van der Waals surface area contributed by atoms with Crippen LogP contribution in [0.4, 0.5) is 11.4 Å². The van der Waals surface area contributed by atoms with E-state index in [-0.39, 0.29) is 5.91 Å². The van der Waals surface area contributed by atoms with Crippen LogP contribution in [0.5, 0.6) is 0 Å². The van der Waals surface area contributed by atoms with Gasteiger partial charge in [0.15, 0.2) is 0 Å². The van der Waals surface area contributed by atoms with Gasteiger partial charge in [-0.05, 0) is 44.0 Å². The van der Waals surface area contributed by atoms with Gasteiger partial charge >= 0.3 is 0 Å². The summed E-state index contributed by atoms with van der Waals surface area (Å²) in [7, 11) is 1.98. The molecule has 0 radical (unpaired) electrons. The summed E-state index contributed by atoms with van der Waals surface area (Å²) in [6.07, 6.45) is 3.90. The molecule has 1 fully saturated rings. The van der Waals surface area contributed by atoms with Gasteiger partial charge in [-0.2, -0.15) is 0 Å². The summed E-state index contributed by atoms with van der Waals surface area (Å²) in [5.41, 5.74) is 6.90. The number of anilines is 2. The molecule has 1 saturated carbocycles. The fourth-order valence-electron chi connectivity index (χ4n) is 2.26. The van der Waals surface area contributed by atoms with Crippen molar-refractivity contribution in [1.82, 2.24) is 4.90 Å². The number of nitrogens with zero attached hydrogens (tertiary/aromatic N) is 1. The maximum atomic E-state index is 11.9. The number of hydrogen-bond donors (Lipinski definition) is 2. The summed E-state index contributed by atoms with van der Waals surface area (Å²) >= 11 is 5.82. The number of halogens is 1. The second-order valence-corrected chi connectivity index (χ2v) is 5.71. The van der Waals surface area contributed by atoms with Gasteiger partial charge in [0.05, 0.1) is 17.9 Å². The third-order valence-electron chi connectivity index (χ3n) is 3.50. The van der Waals surface area contributed by atoms with Crippen molar-refractivity contribution in [3.05, 3.63) is 23.2 Å². The molecule has 5 heteroatoms. The molecule has 19 heavy (non-hydrogen) atoms. The van der Waals surface area contributed by atoms with Gasteiger partial charge in [-0.1, -0.05) is 18.0 Å². The number of amides is 1. The molecule has 4 nitrogen and oxygen atoms in total. The van der Waals surface area contributed by atoms with Crippen LogP contribution in [0.2, 0.25) is 5.02 Å². The Morgan fingerprint density at radius 3 is 2.84 bits per heavy atom. The van der Waals surface area contributed by atoms with Crippen molar-refractivity contribution < 1.29 is 4.79 Å². The smallest absolute Gasteiger partial charge is 0.238 e. The minimum atomic E-state index is -0.0455. The van der Waals surface area contributed by atoms with Gasteiger partial charge in [-0.15, -0.1) is 0 Å². The molecule has 0 spiro atoms. The quantitative estimate of drug-likeness (QED) is 0.816. The highest BCUT2D eigenvalue weighted by Gasteiger charge is 2.20. The minimum absolute atomic E-state index is 0.0455. The Hall–Kier alpha value is -1.26. The van der Waals surface area contributed by atoms with Gasteiger partial charge in [-0.3, -0.25) is 9.69 Å². The van der Waals surface area contributed by atoms with Crippen LogP contribution in [0.15, 0.2) is 18.2 Å². The molecule has 2 rings (SSSR count). The first-order valence-electron chi connectivity index (χ1n) is 6.58. The van der Waals surface area contributed by atoms with Crippen molar-refractivity contribution >= 4 is 28.9 Å². The average Bonchev–Trinajstić information content (AvgIpc) is 2.27. The molecule has 0 heterocycles. The Balaban J connectivity index is 1.82. The highest BCUT2D eigenvalue weighted by molar-refractivity contribution is 6.31. The van der Waals surface area contributed by atoms with Crippen molar-refractivity contribution in [2.24, 2.45) is 5.92 Å². The predicted octanol–water partition coefficient (Wildman–Crippen LogP) is 2.59. The molecule has 0 bridgehead atoms. The van der Waals surface area contributed by atoms with Crippen molar-refractivity contribution in [2.75, 3.05) is 31.2 Å². The Morgan fingerprint density at radius 1 is 1.53 bits per heavy atom. The zero-order valence-corrected chi connectivity index (χ0v) is 11.9. The maximum absolute atomic E-state index is 11.9. The zero-order chi connectivity index (χ0) is 13.8. The van der Waals surface area contributed by atoms with Crippen LogP contribution in [0.3, 0.4) is 0 Å². The van der Waals surface area contributed by atoms with Gasteiger partial charge in [-0.25, -0.2) is 0 Å². The van der Waals surface area contributed by atoms with Crippen LogP contribution >= 0.6 is 11.6 Å². The van der Waals surface area contributed by atoms with E-state index in [0.29, 0.717) is 22.9 Å². The molecule has 1 aromatic carbocycles. The average molecular weight is 282 g/mol. The van der Waals surface area contributed by atoms with E-state index in [1.54, 1.807) is 18.2 Å². The lowest BCUT2D eigenvalue weighted by molar-refractivity contribution is -0.117. The van der Waals surface area contributed by atoms with E-state index in [1.807, 2.05) is 7.05 Å². The zero-order valence-electron chi connectivity index (χ0n) is 11.2. The Labute approximate surface area is 118 Å². The first-order valence-corrected chi connectivity index (χ1v) is 6.96. The summed E-state index contributed by atoms with van der Waals surface area (Å²) in [5, 5.41) is 3.38. The number of carbonyl (C=O) groups is 1. The third kappa shape index (κ3) is 4.11. The normalized spacial score (nSPS) is 15.3. The molecule has 104 valence electrons. The van der Waals surface area contributed by atoms with E-state index in [4.69, 9.17) is 17.3 Å². The summed E-state index contributed by atoms with van der Waals surface area (Å²) < 4.78 is 0. The molecule has 0 atom stereocenters. The van der Waals surface area contributed by atoms with Crippen molar-refractivity contribution in [1.29, 1.82) is 0 Å². The first kappa shape index (κ1) is 14.2. The number of benzene rings is 1. The van der Waals surface area contributed by atoms with E-state index < -0.39 is 0 Å². The molecule has 1 aliphatic carbocycles. The minimum Gasteiger partial charge on any atom is -0.397 e. The largest absolute Gasteiger partial charge is 0.397 e. The Kier molecular flexibility index (Phi) is 4.66. The Morgan fingerprint density at radius 2 is 2.26 bits per heavy atom. The lowest BCUT2D eigenvalue weighted by Crippen LogP contribution is -2.35. The number of nitrogen functional groups attached to an aromatic ring is 1. The van der Waals surface area contributed by atoms with E-state index in [1.165, 1.54) is 19.3 Å². The predicted molar refractivity (Wildman–Crippen MR) is 79.3 cm³/mol. The van der Waals surface area contributed by atoms with Crippen LogP contribution in [-0.4, -0.2) is 30.9 Å². The summed E-state index contributed by atoms with van der Waals surface area (Å²) in [4.78, 5) is 14.0. The molecule has 1 aromatic rings. The summed E-state index contributed by atoms with van der Waals surface area (Å²) in [6, 6.07) is 5.07. The number of nitrogens with two attached hydrogens (primary N) is 1. The van der Waals surface area contributed by atoms with Crippen LogP contribution in [0, 0.1) is 5.92 Å². The van der Waals surface area contributed by atoms with Crippen molar-refractivity contribution in [2.45, 2.75) is 19.3 Å². The van der Waals surface area contributed by atoms with Crippen LogP contribution < -0.4 is 11.1 Å². The van der Waals surface area contributed by atoms with Crippen LogP contribution in [-0.2, 0) is 4.79 Å². The lowest BCUT2D eigenvalue weighted by Gasteiger charge is -2.29. The molecule has 0 unspecified atom stereocenters. The molecule has 3 N–H and O–H groups in total. The number of hydrogen-bond acceptors (Lipinski definition) is 3. The first-order chi connectivity index (χ1) is 9.04. The van der Waals surface area contributed by atoms with Crippen molar-refractivity contribution in [3.63, 3.8) is 0 Å². The van der Waals surface area contributed by atoms with Gasteiger partial charge in [0.25, 0.3) is 0 Å². The highest BCUT2D eigenvalue weighted by atomic mass is 35.5. The SMILES string of the molecule is CN(CC(=O)Nc1ccc(Cl)cc1N)CC1CCC1. The third-order valence-corrected chi connectivity index (χ3v) is 3.73. The van der Waals surface area contributed by atoms with E-state index in [2.05, 4.69) is 10.2 Å². The second-order valence-electron chi connectivity index (χ2n) is 5.27. The Bertz CT molecular complexity index is 460. The van der Waals surface area contributed by atoms with Crippen molar-refractivity contribution in [3.8, 4) is 0 Å². The molecular formula is C14H20ClN3O. The second kappa shape index (κ2) is 6.26. The fraction of sp³-hybridized carbons (Fsp3) is 0.500. The molecular weight excluding hydrogens is 262 g/mol. The number of rotatable bonds is 5. The van der Waals surface area contributed by atoms with Gasteiger partial charge in [0.1, 0.15) is 0 Å². The van der Waals surface area contributed by atoms with Gasteiger partial charge < -0.3 is 11.1 Å². The monoisotopic (exact) mass is 281 g/mol. The fourth-order valence-corrected chi connectivity index (χ4v) is 2.44. The number of likely N-dealkylation sites (N-methyl/N-ethyl adjacent to an activating group) is 1. The highest BCUT2D eigenvalue weighted by Crippen LogP contribution is 2.26. The van der Waals surface area contributed by atoms with E-state index in [9.17, 15) is 4.79 Å². The molecule has 0 saturated heterocycles. The maximum Gasteiger partial charge on any atom is 0.238 e.